The van der Waals surface area contributed by atoms with Crippen LogP contribution >= 0.6 is 15.9 Å². The summed E-state index contributed by atoms with van der Waals surface area (Å²) in [7, 11) is 0. The molecule has 1 fully saturated rings. The van der Waals surface area contributed by atoms with E-state index < -0.39 is 0 Å². The molecule has 0 spiro atoms. The van der Waals surface area contributed by atoms with Gasteiger partial charge in [-0.15, -0.1) is 0 Å². The summed E-state index contributed by atoms with van der Waals surface area (Å²) < 4.78 is 0.849. The monoisotopic (exact) mass is 227 g/mol. The van der Waals surface area contributed by atoms with Gasteiger partial charge in [0.2, 0.25) is 0 Å². The number of halogens is 1. The molecule has 0 bridgehead atoms. The standard InChI is InChI=1S/C8H10BrN3/c9-7-6(3-10)4-11-8(12-7)5-1-2-5/h4-5H,1-3,10H2. The average Bonchev–Trinajstić information content (AvgIpc) is 2.86. The van der Waals surface area contributed by atoms with Crippen molar-refractivity contribution in [3.05, 3.63) is 22.2 Å². The Morgan fingerprint density at radius 3 is 2.83 bits per heavy atom. The maximum Gasteiger partial charge on any atom is 0.132 e. The van der Waals surface area contributed by atoms with E-state index in [4.69, 9.17) is 5.73 Å². The van der Waals surface area contributed by atoms with E-state index in [1.54, 1.807) is 0 Å². The predicted octanol–water partition coefficient (Wildman–Crippen LogP) is 1.58. The molecule has 0 radical (unpaired) electrons. The highest BCUT2D eigenvalue weighted by molar-refractivity contribution is 9.10. The molecule has 0 atom stereocenters. The lowest BCUT2D eigenvalue weighted by Crippen LogP contribution is -2.02. The third-order valence-corrected chi connectivity index (χ3v) is 2.68. The Morgan fingerprint density at radius 2 is 2.33 bits per heavy atom. The summed E-state index contributed by atoms with van der Waals surface area (Å²) in [5, 5.41) is 0. The molecule has 1 heterocycles. The van der Waals surface area contributed by atoms with E-state index in [-0.39, 0.29) is 0 Å². The van der Waals surface area contributed by atoms with E-state index in [1.165, 1.54) is 12.8 Å². The number of aromatic nitrogens is 2. The Kier molecular flexibility index (Phi) is 2.11. The van der Waals surface area contributed by atoms with E-state index >= 15 is 0 Å². The fourth-order valence-electron chi connectivity index (χ4n) is 1.07. The van der Waals surface area contributed by atoms with Crippen LogP contribution in [-0.4, -0.2) is 9.97 Å². The van der Waals surface area contributed by atoms with Crippen molar-refractivity contribution in [1.29, 1.82) is 0 Å². The fourth-order valence-corrected chi connectivity index (χ4v) is 1.52. The number of nitrogens with two attached hydrogens (primary N) is 1. The van der Waals surface area contributed by atoms with Crippen LogP contribution in [0.4, 0.5) is 0 Å². The van der Waals surface area contributed by atoms with Gasteiger partial charge < -0.3 is 5.73 Å². The van der Waals surface area contributed by atoms with Crippen molar-refractivity contribution in [3.63, 3.8) is 0 Å². The smallest absolute Gasteiger partial charge is 0.132 e. The van der Waals surface area contributed by atoms with E-state index in [9.17, 15) is 0 Å². The molecule has 4 heteroatoms. The summed E-state index contributed by atoms with van der Waals surface area (Å²) in [5.41, 5.74) is 6.45. The minimum Gasteiger partial charge on any atom is -0.326 e. The zero-order chi connectivity index (χ0) is 8.55. The largest absolute Gasteiger partial charge is 0.326 e. The van der Waals surface area contributed by atoms with Gasteiger partial charge in [-0.05, 0) is 28.8 Å². The second kappa shape index (κ2) is 3.11. The zero-order valence-corrected chi connectivity index (χ0v) is 8.21. The number of hydrogen-bond acceptors (Lipinski definition) is 3. The Morgan fingerprint density at radius 1 is 1.58 bits per heavy atom. The molecule has 12 heavy (non-hydrogen) atoms. The van der Waals surface area contributed by atoms with E-state index in [0.29, 0.717) is 12.5 Å². The highest BCUT2D eigenvalue weighted by atomic mass is 79.9. The molecule has 2 N–H and O–H groups in total. The zero-order valence-electron chi connectivity index (χ0n) is 6.63. The van der Waals surface area contributed by atoms with Gasteiger partial charge in [0.15, 0.2) is 0 Å². The van der Waals surface area contributed by atoms with Crippen LogP contribution in [0.5, 0.6) is 0 Å². The van der Waals surface area contributed by atoms with Crippen LogP contribution in [0.1, 0.15) is 30.1 Å². The van der Waals surface area contributed by atoms with Crippen LogP contribution in [0.25, 0.3) is 0 Å². The van der Waals surface area contributed by atoms with E-state index in [2.05, 4.69) is 25.9 Å². The summed E-state index contributed by atoms with van der Waals surface area (Å²) in [6, 6.07) is 0. The molecular weight excluding hydrogens is 218 g/mol. The minimum absolute atomic E-state index is 0.492. The third-order valence-electron chi connectivity index (χ3n) is 1.99. The van der Waals surface area contributed by atoms with Crippen LogP contribution in [0.15, 0.2) is 10.8 Å². The first-order valence-electron chi connectivity index (χ1n) is 4.02. The van der Waals surface area contributed by atoms with Crippen LogP contribution in [0.2, 0.25) is 0 Å². The molecule has 64 valence electrons. The van der Waals surface area contributed by atoms with Crippen LogP contribution in [0, 0.1) is 0 Å². The Balaban J connectivity index is 2.30. The molecule has 1 saturated carbocycles. The lowest BCUT2D eigenvalue weighted by Gasteiger charge is -2.01. The molecule has 1 aliphatic carbocycles. The minimum atomic E-state index is 0.492. The second-order valence-electron chi connectivity index (χ2n) is 3.02. The van der Waals surface area contributed by atoms with Crippen molar-refractivity contribution in [2.75, 3.05) is 0 Å². The van der Waals surface area contributed by atoms with Gasteiger partial charge in [-0.1, -0.05) is 0 Å². The molecule has 1 aromatic heterocycles. The second-order valence-corrected chi connectivity index (χ2v) is 3.77. The van der Waals surface area contributed by atoms with Gasteiger partial charge in [-0.3, -0.25) is 0 Å². The third kappa shape index (κ3) is 1.49. The van der Waals surface area contributed by atoms with Gasteiger partial charge in [0.25, 0.3) is 0 Å². The van der Waals surface area contributed by atoms with Crippen molar-refractivity contribution >= 4 is 15.9 Å². The van der Waals surface area contributed by atoms with Crippen LogP contribution in [0.3, 0.4) is 0 Å². The maximum atomic E-state index is 5.48. The van der Waals surface area contributed by atoms with Gasteiger partial charge >= 0.3 is 0 Å². The van der Waals surface area contributed by atoms with Gasteiger partial charge in [-0.25, -0.2) is 9.97 Å². The summed E-state index contributed by atoms with van der Waals surface area (Å²) in [5.74, 6) is 1.56. The molecule has 1 aliphatic rings. The molecule has 0 amide bonds. The molecule has 0 aromatic carbocycles. The summed E-state index contributed by atoms with van der Waals surface area (Å²) in [4.78, 5) is 8.58. The van der Waals surface area contributed by atoms with Gasteiger partial charge in [0.1, 0.15) is 10.4 Å². The van der Waals surface area contributed by atoms with E-state index in [0.717, 1.165) is 16.0 Å². The molecular formula is C8H10BrN3. The highest BCUT2D eigenvalue weighted by Gasteiger charge is 2.26. The van der Waals surface area contributed by atoms with Crippen molar-refractivity contribution in [2.45, 2.75) is 25.3 Å². The van der Waals surface area contributed by atoms with Crippen LogP contribution in [-0.2, 0) is 6.54 Å². The quantitative estimate of drug-likeness (QED) is 0.781. The molecule has 0 unspecified atom stereocenters. The summed E-state index contributed by atoms with van der Waals surface area (Å²) >= 11 is 3.37. The van der Waals surface area contributed by atoms with Crippen molar-refractivity contribution < 1.29 is 0 Å². The summed E-state index contributed by atoms with van der Waals surface area (Å²) in [6.07, 6.45) is 4.27. The highest BCUT2D eigenvalue weighted by Crippen LogP contribution is 2.38. The Bertz CT molecular complexity index is 296. The molecule has 0 saturated heterocycles. The van der Waals surface area contributed by atoms with Gasteiger partial charge in [-0.2, -0.15) is 0 Å². The number of nitrogens with zero attached hydrogens (tertiary/aromatic N) is 2. The normalized spacial score (nSPS) is 16.5. The topological polar surface area (TPSA) is 51.8 Å². The van der Waals surface area contributed by atoms with Crippen molar-refractivity contribution in [3.8, 4) is 0 Å². The first kappa shape index (κ1) is 8.13. The SMILES string of the molecule is NCc1cnc(C2CC2)nc1Br. The van der Waals surface area contributed by atoms with Crippen molar-refractivity contribution in [2.24, 2.45) is 5.73 Å². The van der Waals surface area contributed by atoms with Crippen molar-refractivity contribution in [1.82, 2.24) is 9.97 Å². The predicted molar refractivity (Wildman–Crippen MR) is 49.6 cm³/mol. The lowest BCUT2D eigenvalue weighted by molar-refractivity contribution is 0.881. The maximum absolute atomic E-state index is 5.48. The fraction of sp³-hybridized carbons (Fsp3) is 0.500. The first-order chi connectivity index (χ1) is 5.81. The molecule has 2 rings (SSSR count). The summed E-state index contributed by atoms with van der Waals surface area (Å²) in [6.45, 7) is 0.492. The molecule has 1 aromatic rings. The lowest BCUT2D eigenvalue weighted by atomic mass is 10.3. The Hall–Kier alpha value is -0.480. The van der Waals surface area contributed by atoms with Gasteiger partial charge in [0.05, 0.1) is 0 Å². The van der Waals surface area contributed by atoms with E-state index in [1.807, 2.05) is 6.20 Å². The number of rotatable bonds is 2. The first-order valence-corrected chi connectivity index (χ1v) is 4.82. The average molecular weight is 228 g/mol. The molecule has 3 nitrogen and oxygen atoms in total. The van der Waals surface area contributed by atoms with Crippen LogP contribution < -0.4 is 5.73 Å². The Labute approximate surface area is 79.5 Å². The van der Waals surface area contributed by atoms with Gasteiger partial charge in [0, 0.05) is 24.2 Å². The number of hydrogen-bond donors (Lipinski definition) is 1. The molecule has 0 aliphatic heterocycles.